The van der Waals surface area contributed by atoms with Crippen molar-refractivity contribution >= 4 is 17.1 Å². The molecule has 2 heterocycles. The summed E-state index contributed by atoms with van der Waals surface area (Å²) in [6, 6.07) is 1.37. The van der Waals surface area contributed by atoms with E-state index < -0.39 is 5.97 Å². The number of aromatic carboxylic acids is 1. The zero-order valence-corrected chi connectivity index (χ0v) is 5.37. The first-order valence-corrected chi connectivity index (χ1v) is 2.94. The second-order valence-electron chi connectivity index (χ2n) is 2.05. The second kappa shape index (κ2) is 1.85. The number of H-pyrrole nitrogens is 1. The molecule has 0 aromatic carbocycles. The standard InChI is InChI=1S/C6H4N2O3/c9-6(10)4-1-3-5(11-4)2-7-8-3/h1-2H,(H,7,8)(H,9,10). The average molecular weight is 152 g/mol. The summed E-state index contributed by atoms with van der Waals surface area (Å²) >= 11 is 0. The third-order valence-corrected chi connectivity index (χ3v) is 1.33. The van der Waals surface area contributed by atoms with E-state index in [0.29, 0.717) is 11.1 Å². The Morgan fingerprint density at radius 2 is 2.55 bits per heavy atom. The summed E-state index contributed by atoms with van der Waals surface area (Å²) in [4.78, 5) is 10.3. The molecule has 2 rings (SSSR count). The molecule has 2 aromatic rings. The molecule has 0 fully saturated rings. The minimum atomic E-state index is -1.08. The van der Waals surface area contributed by atoms with E-state index in [1.54, 1.807) is 0 Å². The molecule has 11 heavy (non-hydrogen) atoms. The molecule has 0 spiro atoms. The molecule has 5 heteroatoms. The Morgan fingerprint density at radius 1 is 1.73 bits per heavy atom. The highest BCUT2D eigenvalue weighted by molar-refractivity contribution is 5.89. The predicted molar refractivity (Wildman–Crippen MR) is 35.3 cm³/mol. The average Bonchev–Trinajstić information content (AvgIpc) is 2.40. The molecule has 0 aliphatic carbocycles. The van der Waals surface area contributed by atoms with Crippen LogP contribution in [-0.4, -0.2) is 21.3 Å². The maximum absolute atomic E-state index is 10.3. The number of carbonyl (C=O) groups is 1. The molecule has 0 aliphatic rings. The molecule has 0 atom stereocenters. The summed E-state index contributed by atoms with van der Waals surface area (Å²) in [5, 5.41) is 14.8. The Balaban J connectivity index is 2.67. The van der Waals surface area contributed by atoms with Crippen LogP contribution in [0.4, 0.5) is 0 Å². The van der Waals surface area contributed by atoms with E-state index in [4.69, 9.17) is 9.52 Å². The molecular formula is C6H4N2O3. The van der Waals surface area contributed by atoms with Gasteiger partial charge in [-0.15, -0.1) is 0 Å². The number of hydrogen-bond donors (Lipinski definition) is 2. The predicted octanol–water partition coefficient (Wildman–Crippen LogP) is 0.854. The molecule has 0 saturated carbocycles. The van der Waals surface area contributed by atoms with Gasteiger partial charge in [0.2, 0.25) is 5.76 Å². The van der Waals surface area contributed by atoms with E-state index in [2.05, 4.69) is 10.2 Å². The fourth-order valence-corrected chi connectivity index (χ4v) is 0.852. The van der Waals surface area contributed by atoms with Crippen molar-refractivity contribution < 1.29 is 14.3 Å². The zero-order valence-electron chi connectivity index (χ0n) is 5.37. The van der Waals surface area contributed by atoms with Gasteiger partial charge in [0.05, 0.1) is 6.20 Å². The Hall–Kier alpha value is -1.78. The molecule has 2 N–H and O–H groups in total. The van der Waals surface area contributed by atoms with Crippen molar-refractivity contribution in [2.45, 2.75) is 0 Å². The molecule has 0 radical (unpaired) electrons. The zero-order chi connectivity index (χ0) is 7.84. The lowest BCUT2D eigenvalue weighted by Gasteiger charge is -1.80. The third-order valence-electron chi connectivity index (χ3n) is 1.33. The lowest BCUT2D eigenvalue weighted by Crippen LogP contribution is -1.91. The topological polar surface area (TPSA) is 79.1 Å². The van der Waals surface area contributed by atoms with Crippen LogP contribution in [0, 0.1) is 0 Å². The molecule has 0 bridgehead atoms. The van der Waals surface area contributed by atoms with Gasteiger partial charge in [-0.25, -0.2) is 4.79 Å². The van der Waals surface area contributed by atoms with Crippen molar-refractivity contribution in [3.05, 3.63) is 18.0 Å². The summed E-state index contributed by atoms with van der Waals surface area (Å²) in [6.45, 7) is 0. The van der Waals surface area contributed by atoms with Gasteiger partial charge < -0.3 is 9.52 Å². The Bertz CT molecular complexity index is 372. The van der Waals surface area contributed by atoms with Gasteiger partial charge in [-0.05, 0) is 0 Å². The number of fused-ring (bicyclic) bond motifs is 1. The number of rotatable bonds is 1. The van der Waals surface area contributed by atoms with Gasteiger partial charge in [-0.1, -0.05) is 0 Å². The van der Waals surface area contributed by atoms with Gasteiger partial charge >= 0.3 is 5.97 Å². The minimum Gasteiger partial charge on any atom is -0.475 e. The van der Waals surface area contributed by atoms with Crippen LogP contribution in [0.3, 0.4) is 0 Å². The quantitative estimate of drug-likeness (QED) is 0.634. The number of aromatic nitrogens is 2. The summed E-state index contributed by atoms with van der Waals surface area (Å²) < 4.78 is 4.88. The molecule has 56 valence electrons. The third kappa shape index (κ3) is 0.778. The van der Waals surface area contributed by atoms with E-state index in [1.807, 2.05) is 0 Å². The van der Waals surface area contributed by atoms with Crippen molar-refractivity contribution in [3.63, 3.8) is 0 Å². The molecular weight excluding hydrogens is 148 g/mol. The fourth-order valence-electron chi connectivity index (χ4n) is 0.852. The molecule has 0 unspecified atom stereocenters. The highest BCUT2D eigenvalue weighted by atomic mass is 16.4. The van der Waals surface area contributed by atoms with Crippen molar-refractivity contribution in [1.82, 2.24) is 10.2 Å². The van der Waals surface area contributed by atoms with Crippen LogP contribution < -0.4 is 0 Å². The first kappa shape index (κ1) is 5.96. The number of nitrogens with one attached hydrogen (secondary N) is 1. The first-order chi connectivity index (χ1) is 5.27. The van der Waals surface area contributed by atoms with Gasteiger partial charge in [0.1, 0.15) is 5.52 Å². The lowest BCUT2D eigenvalue weighted by molar-refractivity contribution is 0.0665. The number of furan rings is 1. The SMILES string of the molecule is O=C(O)c1cc2n[nH]cc2o1. The van der Waals surface area contributed by atoms with Crippen LogP contribution in [-0.2, 0) is 0 Å². The minimum absolute atomic E-state index is 0.0866. The summed E-state index contributed by atoms with van der Waals surface area (Å²) in [5.74, 6) is -1.17. The van der Waals surface area contributed by atoms with Crippen molar-refractivity contribution in [2.24, 2.45) is 0 Å². The summed E-state index contributed by atoms with van der Waals surface area (Å²) in [7, 11) is 0. The van der Waals surface area contributed by atoms with Gasteiger partial charge in [0.15, 0.2) is 5.58 Å². The Kier molecular flexibility index (Phi) is 1.00. The monoisotopic (exact) mass is 152 g/mol. The van der Waals surface area contributed by atoms with E-state index in [9.17, 15) is 4.79 Å². The van der Waals surface area contributed by atoms with E-state index in [0.717, 1.165) is 0 Å². The molecule has 0 amide bonds. The van der Waals surface area contributed by atoms with Crippen LogP contribution in [0.1, 0.15) is 10.6 Å². The van der Waals surface area contributed by atoms with Gasteiger partial charge in [0.25, 0.3) is 0 Å². The van der Waals surface area contributed by atoms with Crippen LogP contribution >= 0.6 is 0 Å². The van der Waals surface area contributed by atoms with Gasteiger partial charge in [-0.2, -0.15) is 5.10 Å². The number of aromatic amines is 1. The van der Waals surface area contributed by atoms with E-state index in [1.165, 1.54) is 12.3 Å². The van der Waals surface area contributed by atoms with Crippen LogP contribution in [0.5, 0.6) is 0 Å². The number of hydrogen-bond acceptors (Lipinski definition) is 3. The van der Waals surface area contributed by atoms with Gasteiger partial charge in [0, 0.05) is 6.07 Å². The molecule has 5 nitrogen and oxygen atoms in total. The molecule has 2 aromatic heterocycles. The number of carboxylic acids is 1. The molecule has 0 aliphatic heterocycles. The van der Waals surface area contributed by atoms with Gasteiger partial charge in [-0.3, -0.25) is 5.10 Å². The Labute approximate surface area is 60.6 Å². The first-order valence-electron chi connectivity index (χ1n) is 2.94. The highest BCUT2D eigenvalue weighted by Gasteiger charge is 2.10. The number of carboxylic acid groups (broad SMARTS) is 1. The lowest BCUT2D eigenvalue weighted by atomic mass is 10.4. The summed E-state index contributed by atoms with van der Waals surface area (Å²) in [6.07, 6.45) is 1.50. The Morgan fingerprint density at radius 3 is 3.18 bits per heavy atom. The van der Waals surface area contributed by atoms with E-state index in [-0.39, 0.29) is 5.76 Å². The van der Waals surface area contributed by atoms with Crippen LogP contribution in [0.25, 0.3) is 11.1 Å². The van der Waals surface area contributed by atoms with Crippen molar-refractivity contribution in [3.8, 4) is 0 Å². The highest BCUT2D eigenvalue weighted by Crippen LogP contribution is 2.15. The smallest absolute Gasteiger partial charge is 0.371 e. The number of nitrogens with zero attached hydrogens (tertiary/aromatic N) is 1. The van der Waals surface area contributed by atoms with Crippen LogP contribution in [0.15, 0.2) is 16.7 Å². The summed E-state index contributed by atoms with van der Waals surface area (Å²) in [5.41, 5.74) is 0.991. The van der Waals surface area contributed by atoms with Crippen molar-refractivity contribution in [1.29, 1.82) is 0 Å². The normalized spacial score (nSPS) is 10.5. The van der Waals surface area contributed by atoms with E-state index >= 15 is 0 Å². The molecule has 0 saturated heterocycles. The second-order valence-corrected chi connectivity index (χ2v) is 2.05. The van der Waals surface area contributed by atoms with Crippen LogP contribution in [0.2, 0.25) is 0 Å². The largest absolute Gasteiger partial charge is 0.475 e. The maximum Gasteiger partial charge on any atom is 0.371 e. The van der Waals surface area contributed by atoms with Crippen molar-refractivity contribution in [2.75, 3.05) is 0 Å². The maximum atomic E-state index is 10.3. The fraction of sp³-hybridized carbons (Fsp3) is 0.